The number of aromatic nitrogens is 2. The van der Waals surface area contributed by atoms with Gasteiger partial charge in [0.25, 0.3) is 5.91 Å². The molecule has 0 atom stereocenters. The van der Waals surface area contributed by atoms with Crippen molar-refractivity contribution in [2.45, 2.75) is 26.7 Å². The number of anilines is 1. The van der Waals surface area contributed by atoms with E-state index in [4.69, 9.17) is 0 Å². The van der Waals surface area contributed by atoms with Crippen LogP contribution in [0.5, 0.6) is 0 Å². The van der Waals surface area contributed by atoms with Crippen LogP contribution >= 0.6 is 0 Å². The Bertz CT molecular complexity index is 910. The van der Waals surface area contributed by atoms with Crippen LogP contribution in [0.3, 0.4) is 0 Å². The Labute approximate surface area is 161 Å². The molecule has 0 spiro atoms. The minimum absolute atomic E-state index is 0.112. The smallest absolute Gasteiger partial charge is 0.272 e. The molecule has 0 fully saturated rings. The summed E-state index contributed by atoms with van der Waals surface area (Å²) < 4.78 is 2.02. The summed E-state index contributed by atoms with van der Waals surface area (Å²) >= 11 is 0. The van der Waals surface area contributed by atoms with E-state index in [9.17, 15) is 4.79 Å². The van der Waals surface area contributed by atoms with Gasteiger partial charge in [-0.1, -0.05) is 32.0 Å². The van der Waals surface area contributed by atoms with Gasteiger partial charge in [0.15, 0.2) is 5.69 Å². The molecule has 0 aliphatic heterocycles. The highest BCUT2D eigenvalue weighted by Gasteiger charge is 2.17. The maximum atomic E-state index is 12.7. The molecule has 3 rings (SSSR count). The fraction of sp³-hybridized carbons (Fsp3) is 0.364. The van der Waals surface area contributed by atoms with Crippen molar-refractivity contribution < 1.29 is 4.79 Å². The number of nitrogens with one attached hydrogen (secondary N) is 1. The molecule has 0 radical (unpaired) electrons. The first-order valence-electron chi connectivity index (χ1n) is 9.46. The third-order valence-corrected chi connectivity index (χ3v) is 4.58. The summed E-state index contributed by atoms with van der Waals surface area (Å²) in [7, 11) is 4.05. The van der Waals surface area contributed by atoms with E-state index in [-0.39, 0.29) is 5.91 Å². The van der Waals surface area contributed by atoms with Crippen LogP contribution in [0.1, 0.15) is 35.7 Å². The van der Waals surface area contributed by atoms with E-state index < -0.39 is 0 Å². The van der Waals surface area contributed by atoms with Crippen LogP contribution in [0, 0.1) is 5.92 Å². The Balaban J connectivity index is 1.67. The van der Waals surface area contributed by atoms with E-state index in [1.165, 1.54) is 11.3 Å². The highest BCUT2D eigenvalue weighted by Crippen LogP contribution is 2.16. The summed E-state index contributed by atoms with van der Waals surface area (Å²) in [4.78, 5) is 19.4. The quantitative estimate of drug-likeness (QED) is 0.697. The first kappa shape index (κ1) is 19.0. The van der Waals surface area contributed by atoms with Gasteiger partial charge in [-0.3, -0.25) is 4.79 Å². The normalized spacial score (nSPS) is 11.1. The van der Waals surface area contributed by atoms with E-state index in [1.54, 1.807) is 0 Å². The topological polar surface area (TPSA) is 49.6 Å². The number of pyridine rings is 1. The molecule has 5 heteroatoms. The van der Waals surface area contributed by atoms with E-state index >= 15 is 0 Å². The van der Waals surface area contributed by atoms with Crippen molar-refractivity contribution in [2.24, 2.45) is 5.92 Å². The van der Waals surface area contributed by atoms with Gasteiger partial charge in [0.2, 0.25) is 0 Å². The van der Waals surface area contributed by atoms with Crippen LogP contribution in [0.2, 0.25) is 0 Å². The van der Waals surface area contributed by atoms with Gasteiger partial charge in [-0.15, -0.1) is 0 Å². The average Bonchev–Trinajstić information content (AvgIpc) is 3.00. The minimum atomic E-state index is -0.112. The second kappa shape index (κ2) is 8.25. The molecule has 1 aromatic carbocycles. The van der Waals surface area contributed by atoms with E-state index in [0.717, 1.165) is 24.2 Å². The summed E-state index contributed by atoms with van der Waals surface area (Å²) in [6.07, 6.45) is 3.61. The van der Waals surface area contributed by atoms with Gasteiger partial charge >= 0.3 is 0 Å². The third-order valence-electron chi connectivity index (χ3n) is 4.58. The predicted octanol–water partition coefficient (Wildman–Crippen LogP) is 3.57. The number of nitrogens with zero attached hydrogens (tertiary/aromatic N) is 3. The zero-order valence-corrected chi connectivity index (χ0v) is 16.6. The van der Waals surface area contributed by atoms with Crippen molar-refractivity contribution in [2.75, 3.05) is 25.5 Å². The lowest BCUT2D eigenvalue weighted by Gasteiger charge is -2.12. The molecule has 3 aromatic rings. The molecule has 2 heterocycles. The molecule has 0 saturated carbocycles. The maximum Gasteiger partial charge on any atom is 0.272 e. The lowest BCUT2D eigenvalue weighted by Crippen LogP contribution is -2.26. The highest BCUT2D eigenvalue weighted by atomic mass is 16.1. The van der Waals surface area contributed by atoms with Crippen molar-refractivity contribution in [1.82, 2.24) is 14.7 Å². The summed E-state index contributed by atoms with van der Waals surface area (Å²) in [6.45, 7) is 4.90. The summed E-state index contributed by atoms with van der Waals surface area (Å²) in [5.74, 6) is 1.31. The molecular weight excluding hydrogens is 336 g/mol. The Hall–Kier alpha value is -2.82. The summed E-state index contributed by atoms with van der Waals surface area (Å²) in [5.41, 5.74) is 3.75. The standard InChI is InChI=1S/C22H28N4O/c1-16(2)15-20-24-21(19-7-5-6-14-26(19)20)22(27)23-13-12-17-8-10-18(11-9-17)25(3)4/h5-11,14,16H,12-13,15H2,1-4H3,(H,23,27). The van der Waals surface area contributed by atoms with Gasteiger partial charge < -0.3 is 14.6 Å². The first-order valence-corrected chi connectivity index (χ1v) is 9.46. The Kier molecular flexibility index (Phi) is 5.79. The highest BCUT2D eigenvalue weighted by molar-refractivity contribution is 5.99. The van der Waals surface area contributed by atoms with Crippen LogP contribution in [0.15, 0.2) is 48.7 Å². The van der Waals surface area contributed by atoms with Crippen molar-refractivity contribution in [1.29, 1.82) is 0 Å². The van der Waals surface area contributed by atoms with Gasteiger partial charge in [-0.2, -0.15) is 0 Å². The molecule has 27 heavy (non-hydrogen) atoms. The zero-order valence-electron chi connectivity index (χ0n) is 16.6. The van der Waals surface area contributed by atoms with E-state index in [2.05, 4.69) is 53.3 Å². The Morgan fingerprint density at radius 3 is 2.56 bits per heavy atom. The second-order valence-corrected chi connectivity index (χ2v) is 7.50. The number of benzene rings is 1. The van der Waals surface area contributed by atoms with Gasteiger partial charge in [0.1, 0.15) is 5.82 Å². The molecule has 2 aromatic heterocycles. The van der Waals surface area contributed by atoms with Crippen molar-refractivity contribution in [3.8, 4) is 0 Å². The van der Waals surface area contributed by atoms with Crippen molar-refractivity contribution >= 4 is 17.1 Å². The van der Waals surface area contributed by atoms with Crippen LogP contribution in [-0.4, -0.2) is 35.9 Å². The van der Waals surface area contributed by atoms with E-state index in [1.807, 2.05) is 42.9 Å². The Morgan fingerprint density at radius 1 is 1.15 bits per heavy atom. The van der Waals surface area contributed by atoms with Gasteiger partial charge in [-0.05, 0) is 42.2 Å². The third kappa shape index (κ3) is 4.48. The van der Waals surface area contributed by atoms with Crippen LogP contribution < -0.4 is 10.2 Å². The summed E-state index contributed by atoms with van der Waals surface area (Å²) in [5, 5.41) is 3.02. The molecule has 1 amide bonds. The number of carbonyl (C=O) groups is 1. The SMILES string of the molecule is CC(C)Cc1nc(C(=O)NCCc2ccc(N(C)C)cc2)c2ccccn12. The Morgan fingerprint density at radius 2 is 1.89 bits per heavy atom. The molecular formula is C22H28N4O. The number of amides is 1. The van der Waals surface area contributed by atoms with Crippen LogP contribution in [0.4, 0.5) is 5.69 Å². The average molecular weight is 364 g/mol. The van der Waals surface area contributed by atoms with Crippen LogP contribution in [-0.2, 0) is 12.8 Å². The molecule has 0 saturated heterocycles. The largest absolute Gasteiger partial charge is 0.378 e. The van der Waals surface area contributed by atoms with Gasteiger partial charge in [-0.25, -0.2) is 4.98 Å². The fourth-order valence-corrected chi connectivity index (χ4v) is 3.14. The van der Waals surface area contributed by atoms with Crippen LogP contribution in [0.25, 0.3) is 5.52 Å². The lowest BCUT2D eigenvalue weighted by atomic mass is 10.1. The second-order valence-electron chi connectivity index (χ2n) is 7.50. The predicted molar refractivity (Wildman–Crippen MR) is 111 cm³/mol. The molecule has 5 nitrogen and oxygen atoms in total. The molecule has 1 N–H and O–H groups in total. The molecule has 0 aliphatic rings. The number of imidazole rings is 1. The molecule has 0 aliphatic carbocycles. The number of fused-ring (bicyclic) bond motifs is 1. The number of hydrogen-bond acceptors (Lipinski definition) is 3. The van der Waals surface area contributed by atoms with Gasteiger partial charge in [0, 0.05) is 38.9 Å². The van der Waals surface area contributed by atoms with Crippen molar-refractivity contribution in [3.05, 3.63) is 65.7 Å². The monoisotopic (exact) mass is 364 g/mol. The summed E-state index contributed by atoms with van der Waals surface area (Å²) in [6, 6.07) is 14.3. The number of hydrogen-bond donors (Lipinski definition) is 1. The van der Waals surface area contributed by atoms with Crippen molar-refractivity contribution in [3.63, 3.8) is 0 Å². The van der Waals surface area contributed by atoms with Gasteiger partial charge in [0.05, 0.1) is 5.52 Å². The zero-order chi connectivity index (χ0) is 19.4. The molecule has 0 unspecified atom stereocenters. The lowest BCUT2D eigenvalue weighted by molar-refractivity contribution is 0.0951. The minimum Gasteiger partial charge on any atom is -0.378 e. The number of carbonyl (C=O) groups excluding carboxylic acids is 1. The number of rotatable bonds is 7. The molecule has 142 valence electrons. The fourth-order valence-electron chi connectivity index (χ4n) is 3.14. The maximum absolute atomic E-state index is 12.7. The first-order chi connectivity index (χ1) is 13.0. The molecule has 0 bridgehead atoms. The van der Waals surface area contributed by atoms with E-state index in [0.29, 0.717) is 18.2 Å².